The van der Waals surface area contributed by atoms with Gasteiger partial charge in [-0.15, -0.1) is 0 Å². The van der Waals surface area contributed by atoms with E-state index in [9.17, 15) is 14.0 Å². The molecule has 1 unspecified atom stereocenters. The van der Waals surface area contributed by atoms with Gasteiger partial charge in [-0.2, -0.15) is 16.9 Å². The molecule has 4 rings (SSSR count). The standard InChI is InChI=1S/C23H26FN5O2S/c1-15-12-16(14-28-8-10-32-11-9-28)2-7-19(15)26-23(31)20-13-21(22(25)30)29(27-20)18-5-3-17(24)4-6-18/h2-7,12,21H,8-11,13-14H2,1H3,(H2,25,30)(H,26,31). The van der Waals surface area contributed by atoms with Crippen LogP contribution in [0.1, 0.15) is 17.5 Å². The third-order valence-corrected chi connectivity index (χ3v) is 6.58. The maximum absolute atomic E-state index is 13.3. The molecular weight excluding hydrogens is 429 g/mol. The van der Waals surface area contributed by atoms with Crippen LogP contribution in [-0.2, 0) is 16.1 Å². The van der Waals surface area contributed by atoms with Crippen LogP contribution in [0.4, 0.5) is 15.8 Å². The van der Waals surface area contributed by atoms with E-state index in [2.05, 4.69) is 21.4 Å². The number of rotatable bonds is 6. The fourth-order valence-electron chi connectivity index (χ4n) is 3.88. The molecule has 1 atom stereocenters. The fraction of sp³-hybridized carbons (Fsp3) is 0.348. The van der Waals surface area contributed by atoms with Crippen molar-refractivity contribution in [3.63, 3.8) is 0 Å². The van der Waals surface area contributed by atoms with E-state index in [4.69, 9.17) is 5.73 Å². The van der Waals surface area contributed by atoms with Gasteiger partial charge in [0, 0.05) is 43.2 Å². The molecule has 0 aromatic heterocycles. The SMILES string of the molecule is Cc1cc(CN2CCSCC2)ccc1NC(=O)C1=NN(c2ccc(F)cc2)C(C(N)=O)C1. The van der Waals surface area contributed by atoms with Gasteiger partial charge >= 0.3 is 0 Å². The molecule has 2 aromatic carbocycles. The number of hydrogen-bond acceptors (Lipinski definition) is 6. The molecule has 0 bridgehead atoms. The first-order chi connectivity index (χ1) is 15.4. The normalized spacial score (nSPS) is 19.0. The van der Waals surface area contributed by atoms with E-state index in [1.807, 2.05) is 30.8 Å². The van der Waals surface area contributed by atoms with Crippen LogP contribution < -0.4 is 16.1 Å². The molecule has 2 amide bonds. The van der Waals surface area contributed by atoms with Gasteiger partial charge in [0.2, 0.25) is 5.91 Å². The van der Waals surface area contributed by atoms with Gasteiger partial charge in [0.1, 0.15) is 17.6 Å². The Balaban J connectivity index is 1.46. The number of carbonyl (C=O) groups is 2. The lowest BCUT2D eigenvalue weighted by Crippen LogP contribution is -2.39. The van der Waals surface area contributed by atoms with Gasteiger partial charge in [-0.3, -0.25) is 19.5 Å². The fourth-order valence-corrected chi connectivity index (χ4v) is 4.86. The van der Waals surface area contributed by atoms with Gasteiger partial charge in [-0.1, -0.05) is 12.1 Å². The number of amides is 2. The van der Waals surface area contributed by atoms with Crippen molar-refractivity contribution in [1.29, 1.82) is 0 Å². The Kier molecular flexibility index (Phi) is 6.76. The van der Waals surface area contributed by atoms with Gasteiger partial charge in [-0.05, 0) is 48.4 Å². The predicted octanol–water partition coefficient (Wildman–Crippen LogP) is 2.74. The number of thioether (sulfide) groups is 1. The lowest BCUT2D eigenvalue weighted by atomic mass is 10.1. The highest BCUT2D eigenvalue weighted by Gasteiger charge is 2.35. The van der Waals surface area contributed by atoms with Crippen molar-refractivity contribution in [2.75, 3.05) is 34.9 Å². The van der Waals surface area contributed by atoms with E-state index in [0.29, 0.717) is 11.4 Å². The van der Waals surface area contributed by atoms with E-state index >= 15 is 0 Å². The minimum atomic E-state index is -0.799. The molecule has 0 radical (unpaired) electrons. The Morgan fingerprint density at radius 3 is 2.56 bits per heavy atom. The van der Waals surface area contributed by atoms with Crippen LogP contribution in [0.5, 0.6) is 0 Å². The summed E-state index contributed by atoms with van der Waals surface area (Å²) in [4.78, 5) is 27.2. The number of anilines is 2. The Morgan fingerprint density at radius 2 is 1.91 bits per heavy atom. The zero-order valence-corrected chi connectivity index (χ0v) is 18.7. The van der Waals surface area contributed by atoms with Crippen LogP contribution in [0.15, 0.2) is 47.6 Å². The number of nitrogens with zero attached hydrogens (tertiary/aromatic N) is 3. The quantitative estimate of drug-likeness (QED) is 0.699. The van der Waals surface area contributed by atoms with Crippen LogP contribution >= 0.6 is 11.8 Å². The second-order valence-electron chi connectivity index (χ2n) is 7.98. The molecular formula is C23H26FN5O2S. The van der Waals surface area contributed by atoms with Crippen molar-refractivity contribution < 1.29 is 14.0 Å². The van der Waals surface area contributed by atoms with Crippen LogP contribution in [-0.4, -0.2) is 53.1 Å². The highest BCUT2D eigenvalue weighted by Crippen LogP contribution is 2.26. The average Bonchev–Trinajstić information content (AvgIpc) is 3.23. The van der Waals surface area contributed by atoms with E-state index in [-0.39, 0.29) is 18.0 Å². The molecule has 3 N–H and O–H groups in total. The Bertz CT molecular complexity index is 1040. The number of hydrazone groups is 1. The summed E-state index contributed by atoms with van der Waals surface area (Å²) in [5.74, 6) is 0.943. The van der Waals surface area contributed by atoms with Crippen LogP contribution in [0.25, 0.3) is 0 Å². The van der Waals surface area contributed by atoms with Gasteiger partial charge < -0.3 is 11.1 Å². The minimum absolute atomic E-state index is 0.0860. The zero-order chi connectivity index (χ0) is 22.7. The molecule has 32 heavy (non-hydrogen) atoms. The zero-order valence-electron chi connectivity index (χ0n) is 17.9. The molecule has 1 saturated heterocycles. The minimum Gasteiger partial charge on any atom is -0.368 e. The Hall–Kier alpha value is -2.91. The molecule has 1 fully saturated rings. The van der Waals surface area contributed by atoms with Crippen LogP contribution in [0.3, 0.4) is 0 Å². The monoisotopic (exact) mass is 455 g/mol. The predicted molar refractivity (Wildman–Crippen MR) is 126 cm³/mol. The van der Waals surface area contributed by atoms with Gasteiger partial charge in [0.05, 0.1) is 5.69 Å². The number of carbonyl (C=O) groups excluding carboxylic acids is 2. The molecule has 2 aliphatic heterocycles. The number of hydrogen-bond donors (Lipinski definition) is 2. The number of aryl methyl sites for hydroxylation is 1. The van der Waals surface area contributed by atoms with Crippen molar-refractivity contribution in [2.24, 2.45) is 10.8 Å². The smallest absolute Gasteiger partial charge is 0.271 e. The number of nitrogens with one attached hydrogen (secondary N) is 1. The van der Waals surface area contributed by atoms with Crippen molar-refractivity contribution in [1.82, 2.24) is 4.90 Å². The molecule has 0 aliphatic carbocycles. The summed E-state index contributed by atoms with van der Waals surface area (Å²) in [7, 11) is 0. The Morgan fingerprint density at radius 1 is 1.19 bits per heavy atom. The first kappa shape index (κ1) is 22.3. The molecule has 9 heteroatoms. The van der Waals surface area contributed by atoms with Gasteiger partial charge in [0.25, 0.3) is 5.91 Å². The molecule has 168 valence electrons. The van der Waals surface area contributed by atoms with Gasteiger partial charge in [-0.25, -0.2) is 4.39 Å². The maximum Gasteiger partial charge on any atom is 0.271 e. The molecule has 2 heterocycles. The summed E-state index contributed by atoms with van der Waals surface area (Å²) in [5.41, 5.74) is 9.09. The highest BCUT2D eigenvalue weighted by atomic mass is 32.2. The number of primary amides is 1. The summed E-state index contributed by atoms with van der Waals surface area (Å²) < 4.78 is 13.3. The van der Waals surface area contributed by atoms with Crippen molar-refractivity contribution in [2.45, 2.75) is 25.9 Å². The summed E-state index contributed by atoms with van der Waals surface area (Å²) in [6.45, 7) is 5.04. The molecule has 0 spiro atoms. The van der Waals surface area contributed by atoms with Crippen LogP contribution in [0, 0.1) is 12.7 Å². The number of nitrogens with two attached hydrogens (primary N) is 1. The summed E-state index contributed by atoms with van der Waals surface area (Å²) >= 11 is 1.99. The molecule has 2 aliphatic rings. The lowest BCUT2D eigenvalue weighted by molar-refractivity contribution is -0.119. The molecule has 2 aromatic rings. The summed E-state index contributed by atoms with van der Waals surface area (Å²) in [6, 6.07) is 10.8. The van der Waals surface area contributed by atoms with Crippen molar-refractivity contribution in [3.05, 3.63) is 59.4 Å². The highest BCUT2D eigenvalue weighted by molar-refractivity contribution is 7.99. The maximum atomic E-state index is 13.3. The largest absolute Gasteiger partial charge is 0.368 e. The van der Waals surface area contributed by atoms with Crippen molar-refractivity contribution in [3.8, 4) is 0 Å². The van der Waals surface area contributed by atoms with Crippen molar-refractivity contribution >= 4 is 40.7 Å². The van der Waals surface area contributed by atoms with E-state index < -0.39 is 17.8 Å². The Labute approximate surface area is 190 Å². The van der Waals surface area contributed by atoms with Crippen LogP contribution in [0.2, 0.25) is 0 Å². The van der Waals surface area contributed by atoms with E-state index in [1.54, 1.807) is 0 Å². The second-order valence-corrected chi connectivity index (χ2v) is 9.21. The first-order valence-electron chi connectivity index (χ1n) is 10.5. The second kappa shape index (κ2) is 9.70. The molecule has 7 nitrogen and oxygen atoms in total. The summed E-state index contributed by atoms with van der Waals surface area (Å²) in [6.07, 6.45) is 0.0860. The number of halogens is 1. The first-order valence-corrected chi connectivity index (χ1v) is 11.7. The third-order valence-electron chi connectivity index (χ3n) is 5.64. The third kappa shape index (κ3) is 5.11. The molecule has 0 saturated carbocycles. The lowest BCUT2D eigenvalue weighted by Gasteiger charge is -2.26. The van der Waals surface area contributed by atoms with Gasteiger partial charge in [0.15, 0.2) is 0 Å². The summed E-state index contributed by atoms with van der Waals surface area (Å²) in [5, 5.41) is 8.59. The number of benzene rings is 2. The van der Waals surface area contributed by atoms with E-state index in [1.165, 1.54) is 34.8 Å². The average molecular weight is 456 g/mol. The topological polar surface area (TPSA) is 91.0 Å². The van der Waals surface area contributed by atoms with E-state index in [0.717, 1.165) is 36.7 Å².